The molecule has 8 nitrogen and oxygen atoms in total. The van der Waals surface area contributed by atoms with Crippen LogP contribution in [-0.4, -0.2) is 45.5 Å². The summed E-state index contributed by atoms with van der Waals surface area (Å²) in [6.45, 7) is 12.4. The van der Waals surface area contributed by atoms with Gasteiger partial charge < -0.3 is 23.6 Å². The smallest absolute Gasteiger partial charge is 0.339 e. The predicted molar refractivity (Wildman–Crippen MR) is 167 cm³/mol. The van der Waals surface area contributed by atoms with Crippen LogP contribution in [0.4, 0.5) is 0 Å². The number of carbonyl (C=O) groups is 1. The summed E-state index contributed by atoms with van der Waals surface area (Å²) in [5, 5.41) is 5.11. The summed E-state index contributed by atoms with van der Waals surface area (Å²) >= 11 is 0. The van der Waals surface area contributed by atoms with Gasteiger partial charge in [0.05, 0.1) is 19.2 Å². The molecule has 3 atom stereocenters. The van der Waals surface area contributed by atoms with Crippen LogP contribution >= 0.6 is 0 Å². The number of hydrogen-bond donors (Lipinski definition) is 1. The lowest BCUT2D eigenvalue weighted by atomic mass is 10.0. The van der Waals surface area contributed by atoms with E-state index in [2.05, 4.69) is 50.4 Å². The number of nitrogens with zero attached hydrogens (tertiary/aromatic N) is 1. The molecule has 0 radical (unpaired) electrons. The molecule has 0 saturated heterocycles. The van der Waals surface area contributed by atoms with Crippen LogP contribution in [0.25, 0.3) is 0 Å². The van der Waals surface area contributed by atoms with E-state index in [9.17, 15) is 9.59 Å². The summed E-state index contributed by atoms with van der Waals surface area (Å²) in [6, 6.07) is 23.1. The van der Waals surface area contributed by atoms with Crippen LogP contribution < -0.4 is 26.1 Å². The molecule has 1 aromatic heterocycles. The van der Waals surface area contributed by atoms with E-state index in [-0.39, 0.29) is 17.6 Å². The number of methoxy groups -OCH3 is 1. The Morgan fingerprint density at radius 3 is 2.19 bits per heavy atom. The molecule has 9 heteroatoms. The van der Waals surface area contributed by atoms with Gasteiger partial charge in [-0.15, -0.1) is 0 Å². The van der Waals surface area contributed by atoms with E-state index in [0.717, 1.165) is 16.8 Å². The SMILES string of the molecule is CCC[C@@H](NC(=O)[C@]1(C)COC(C(C)O[Si](c2ccccc2)(c2ccccc2)C(C)(C)C)=N1)c1cc(OC)cc(=O)o1. The summed E-state index contributed by atoms with van der Waals surface area (Å²) in [6.07, 6.45) is 0.827. The summed E-state index contributed by atoms with van der Waals surface area (Å²) in [7, 11) is -1.38. The molecule has 0 spiro atoms. The molecule has 1 amide bonds. The van der Waals surface area contributed by atoms with Crippen molar-refractivity contribution in [2.45, 2.75) is 77.1 Å². The molecule has 0 aliphatic carbocycles. The Hall–Kier alpha value is -3.69. The van der Waals surface area contributed by atoms with E-state index in [0.29, 0.717) is 23.8 Å². The van der Waals surface area contributed by atoms with Gasteiger partial charge >= 0.3 is 5.63 Å². The zero-order valence-electron chi connectivity index (χ0n) is 25.6. The van der Waals surface area contributed by atoms with Crippen molar-refractivity contribution in [1.82, 2.24) is 5.32 Å². The Bertz CT molecular complexity index is 1410. The van der Waals surface area contributed by atoms with Crippen molar-refractivity contribution < 1.29 is 23.1 Å². The summed E-state index contributed by atoms with van der Waals surface area (Å²) in [5.41, 5.74) is -1.71. The molecule has 2 heterocycles. The van der Waals surface area contributed by atoms with Crippen molar-refractivity contribution in [1.29, 1.82) is 0 Å². The minimum Gasteiger partial charge on any atom is -0.496 e. The van der Waals surface area contributed by atoms with E-state index < -0.39 is 31.6 Å². The number of hydrogen-bond acceptors (Lipinski definition) is 7. The quantitative estimate of drug-likeness (QED) is 0.324. The van der Waals surface area contributed by atoms with Crippen LogP contribution in [0, 0.1) is 0 Å². The lowest BCUT2D eigenvalue weighted by molar-refractivity contribution is -0.127. The summed E-state index contributed by atoms with van der Waals surface area (Å²) in [4.78, 5) is 30.5. The van der Waals surface area contributed by atoms with Crippen molar-refractivity contribution in [3.8, 4) is 5.75 Å². The molecule has 0 saturated carbocycles. The van der Waals surface area contributed by atoms with Crippen LogP contribution in [0.2, 0.25) is 5.04 Å². The van der Waals surface area contributed by atoms with Crippen LogP contribution in [0.1, 0.15) is 66.2 Å². The van der Waals surface area contributed by atoms with E-state index in [1.807, 2.05) is 50.2 Å². The molecule has 4 rings (SSSR count). The maximum absolute atomic E-state index is 13.6. The molecule has 3 aromatic rings. The predicted octanol–water partition coefficient (Wildman–Crippen LogP) is 4.76. The van der Waals surface area contributed by atoms with Gasteiger partial charge in [-0.2, -0.15) is 0 Å². The van der Waals surface area contributed by atoms with Crippen LogP contribution in [0.5, 0.6) is 5.75 Å². The van der Waals surface area contributed by atoms with Gasteiger partial charge in [0, 0.05) is 6.07 Å². The highest BCUT2D eigenvalue weighted by Crippen LogP contribution is 2.38. The Kier molecular flexibility index (Phi) is 9.42. The number of rotatable bonds is 11. The zero-order valence-corrected chi connectivity index (χ0v) is 26.6. The van der Waals surface area contributed by atoms with Gasteiger partial charge in [0.1, 0.15) is 24.2 Å². The largest absolute Gasteiger partial charge is 0.496 e. The maximum atomic E-state index is 13.6. The van der Waals surface area contributed by atoms with Crippen molar-refractivity contribution in [3.63, 3.8) is 0 Å². The zero-order chi connectivity index (χ0) is 30.5. The Labute approximate surface area is 249 Å². The second-order valence-electron chi connectivity index (χ2n) is 12.0. The normalized spacial score (nSPS) is 18.5. The van der Waals surface area contributed by atoms with Gasteiger partial charge in [-0.25, -0.2) is 9.79 Å². The standard InChI is InChI=1S/C33H42N2O6Si/c1-8-15-27(28-20-24(38-7)21-29(36)40-28)34-31(37)33(6)22-39-30(35-33)23(2)41-42(32(3,4)5,25-16-11-9-12-17-25)26-18-13-10-14-19-26/h9-14,16-21,23,27H,8,15,22H2,1-7H3,(H,34,37)/t23?,27-,33+/m1/s1. The highest BCUT2D eigenvalue weighted by molar-refractivity contribution is 6.99. The Balaban J connectivity index is 1.64. The molecular formula is C33H42N2O6Si. The molecule has 0 fully saturated rings. The first-order chi connectivity index (χ1) is 19.9. The number of aliphatic imine (C=N–C) groups is 1. The first-order valence-electron chi connectivity index (χ1n) is 14.4. The number of benzene rings is 2. The van der Waals surface area contributed by atoms with Gasteiger partial charge in [-0.3, -0.25) is 4.79 Å². The average Bonchev–Trinajstić information content (AvgIpc) is 3.39. The lowest BCUT2D eigenvalue weighted by Crippen LogP contribution is -2.68. The minimum atomic E-state index is -2.86. The maximum Gasteiger partial charge on any atom is 0.339 e. The van der Waals surface area contributed by atoms with Crippen molar-refractivity contribution in [2.24, 2.45) is 4.99 Å². The van der Waals surface area contributed by atoms with Crippen molar-refractivity contribution >= 4 is 30.5 Å². The molecule has 42 heavy (non-hydrogen) atoms. The van der Waals surface area contributed by atoms with Crippen molar-refractivity contribution in [3.05, 3.63) is 89.0 Å². The van der Waals surface area contributed by atoms with Gasteiger partial charge in [-0.05, 0) is 35.7 Å². The first-order valence-corrected chi connectivity index (χ1v) is 16.4. The molecule has 1 N–H and O–H groups in total. The average molecular weight is 591 g/mol. The Morgan fingerprint density at radius 2 is 1.67 bits per heavy atom. The first kappa shape index (κ1) is 31.2. The third-order valence-electron chi connectivity index (χ3n) is 7.69. The van der Waals surface area contributed by atoms with Gasteiger partial charge in [0.2, 0.25) is 5.90 Å². The fourth-order valence-corrected chi connectivity index (χ4v) is 10.2. The van der Waals surface area contributed by atoms with Crippen LogP contribution in [0.3, 0.4) is 0 Å². The van der Waals surface area contributed by atoms with Gasteiger partial charge in [-0.1, -0.05) is 94.8 Å². The number of ether oxygens (including phenoxy) is 2. The topological polar surface area (TPSA) is 99.4 Å². The van der Waals surface area contributed by atoms with E-state index in [4.69, 9.17) is 23.3 Å². The molecule has 1 aliphatic heterocycles. The lowest BCUT2D eigenvalue weighted by Gasteiger charge is -2.44. The third kappa shape index (κ3) is 6.37. The number of carbonyl (C=O) groups excluding carboxylic acids is 1. The second kappa shape index (κ2) is 12.7. The van der Waals surface area contributed by atoms with Gasteiger partial charge in [0.15, 0.2) is 5.54 Å². The summed E-state index contributed by atoms with van der Waals surface area (Å²) < 4.78 is 23.9. The van der Waals surface area contributed by atoms with Crippen LogP contribution in [0.15, 0.2) is 87.0 Å². The van der Waals surface area contributed by atoms with E-state index in [1.165, 1.54) is 13.2 Å². The molecular weight excluding hydrogens is 548 g/mol. The fourth-order valence-electron chi connectivity index (χ4n) is 5.50. The molecule has 0 bridgehead atoms. The fraction of sp³-hybridized carbons (Fsp3) is 0.424. The second-order valence-corrected chi connectivity index (χ2v) is 16.2. The van der Waals surface area contributed by atoms with E-state index in [1.54, 1.807) is 13.0 Å². The summed E-state index contributed by atoms with van der Waals surface area (Å²) in [5.74, 6) is 0.783. The monoisotopic (exact) mass is 590 g/mol. The molecule has 1 aliphatic rings. The number of nitrogens with one attached hydrogen (secondary N) is 1. The van der Waals surface area contributed by atoms with Gasteiger partial charge in [0.25, 0.3) is 14.2 Å². The number of amides is 1. The molecule has 2 aromatic carbocycles. The third-order valence-corrected chi connectivity index (χ3v) is 12.8. The highest BCUT2D eigenvalue weighted by Gasteiger charge is 2.52. The molecule has 224 valence electrons. The van der Waals surface area contributed by atoms with Crippen molar-refractivity contribution in [2.75, 3.05) is 13.7 Å². The molecule has 1 unspecified atom stereocenters. The highest BCUT2D eigenvalue weighted by atomic mass is 28.4. The minimum absolute atomic E-state index is 0.0729. The van der Waals surface area contributed by atoms with Crippen LogP contribution in [-0.2, 0) is 14.0 Å². The Morgan fingerprint density at radius 1 is 1.07 bits per heavy atom. The van der Waals surface area contributed by atoms with E-state index >= 15 is 0 Å².